The Kier molecular flexibility index (Phi) is 5.96. The summed E-state index contributed by atoms with van der Waals surface area (Å²) in [6, 6.07) is 4.83. The third-order valence-corrected chi connectivity index (χ3v) is 4.25. The molecular weight excluding hydrogens is 334 g/mol. The summed E-state index contributed by atoms with van der Waals surface area (Å²) in [5.74, 6) is -0.799. The second kappa shape index (κ2) is 7.02. The fraction of sp³-hybridized carbons (Fsp3) is 0.417. The maximum atomic E-state index is 10.9. The number of hydrogen-bond acceptors (Lipinski definition) is 4. The number of hydrogen-bond donors (Lipinski definition) is 2. The van der Waals surface area contributed by atoms with Crippen LogP contribution >= 0.6 is 15.9 Å². The maximum absolute atomic E-state index is 10.9. The lowest BCUT2D eigenvalue weighted by molar-refractivity contribution is 0.0697. The number of aromatic carboxylic acids is 1. The minimum absolute atomic E-state index is 0.166. The number of carboxylic acids is 1. The number of benzene rings is 1. The van der Waals surface area contributed by atoms with Crippen LogP contribution < -0.4 is 5.32 Å². The number of halogens is 1. The van der Waals surface area contributed by atoms with Crippen LogP contribution in [-0.2, 0) is 16.4 Å². The summed E-state index contributed by atoms with van der Waals surface area (Å²) in [5, 5.41) is 12.0. The molecule has 0 unspecified atom stereocenters. The van der Waals surface area contributed by atoms with E-state index >= 15 is 0 Å². The molecule has 0 atom stereocenters. The van der Waals surface area contributed by atoms with Gasteiger partial charge in [0.2, 0.25) is 0 Å². The number of carboxylic acid groups (broad SMARTS) is 1. The summed E-state index contributed by atoms with van der Waals surface area (Å²) in [4.78, 5) is 10.8. The average molecular weight is 350 g/mol. The van der Waals surface area contributed by atoms with Crippen LogP contribution in [0, 0.1) is 0 Å². The van der Waals surface area contributed by atoms with Gasteiger partial charge in [0.1, 0.15) is 9.84 Å². The van der Waals surface area contributed by atoms with Crippen molar-refractivity contribution in [1.82, 2.24) is 5.32 Å². The highest BCUT2D eigenvalue weighted by Gasteiger charge is 2.06. The Balaban J connectivity index is 2.44. The number of carbonyl (C=O) groups is 1. The molecule has 0 heterocycles. The van der Waals surface area contributed by atoms with Crippen molar-refractivity contribution in [3.63, 3.8) is 0 Å². The zero-order chi connectivity index (χ0) is 14.5. The molecule has 106 valence electrons. The molecule has 0 bridgehead atoms. The highest BCUT2D eigenvalue weighted by molar-refractivity contribution is 9.10. The van der Waals surface area contributed by atoms with E-state index in [9.17, 15) is 13.2 Å². The molecule has 2 N–H and O–H groups in total. The molecule has 0 aromatic heterocycles. The van der Waals surface area contributed by atoms with Crippen molar-refractivity contribution in [2.75, 3.05) is 18.6 Å². The molecule has 0 saturated heterocycles. The predicted octanol–water partition coefficient (Wildman–Crippen LogP) is 1.67. The van der Waals surface area contributed by atoms with Gasteiger partial charge in [0.25, 0.3) is 0 Å². The second-order valence-corrected chi connectivity index (χ2v) is 7.39. The Morgan fingerprint density at radius 2 is 2.11 bits per heavy atom. The summed E-state index contributed by atoms with van der Waals surface area (Å²) in [5.41, 5.74) is 1.16. The molecule has 1 rings (SSSR count). The van der Waals surface area contributed by atoms with Crippen LogP contribution in [0.4, 0.5) is 0 Å². The number of sulfone groups is 1. The zero-order valence-corrected chi connectivity index (χ0v) is 12.9. The first kappa shape index (κ1) is 16.1. The van der Waals surface area contributed by atoms with Crippen molar-refractivity contribution in [2.45, 2.75) is 13.0 Å². The highest BCUT2D eigenvalue weighted by atomic mass is 79.9. The Morgan fingerprint density at radius 1 is 1.42 bits per heavy atom. The van der Waals surface area contributed by atoms with Gasteiger partial charge in [-0.1, -0.05) is 22.0 Å². The largest absolute Gasteiger partial charge is 0.478 e. The molecule has 0 amide bonds. The zero-order valence-electron chi connectivity index (χ0n) is 10.5. The smallest absolute Gasteiger partial charge is 0.335 e. The minimum atomic E-state index is -2.91. The van der Waals surface area contributed by atoms with E-state index in [4.69, 9.17) is 5.11 Å². The normalized spacial score (nSPS) is 11.5. The van der Waals surface area contributed by atoms with E-state index in [1.165, 1.54) is 6.26 Å². The van der Waals surface area contributed by atoms with E-state index in [2.05, 4.69) is 21.2 Å². The van der Waals surface area contributed by atoms with Gasteiger partial charge in [-0.15, -0.1) is 0 Å². The molecule has 0 spiro atoms. The first-order valence-electron chi connectivity index (χ1n) is 5.70. The van der Waals surface area contributed by atoms with Crippen LogP contribution in [0.5, 0.6) is 0 Å². The molecule has 0 saturated carbocycles. The number of rotatable bonds is 7. The molecule has 5 nitrogen and oxygen atoms in total. The van der Waals surface area contributed by atoms with Crippen molar-refractivity contribution in [3.05, 3.63) is 33.8 Å². The Hall–Kier alpha value is -0.920. The summed E-state index contributed by atoms with van der Waals surface area (Å²) < 4.78 is 22.6. The molecule has 0 fully saturated rings. The summed E-state index contributed by atoms with van der Waals surface area (Å²) in [6.45, 7) is 1.16. The van der Waals surface area contributed by atoms with E-state index in [1.54, 1.807) is 18.2 Å². The molecule has 0 aliphatic carbocycles. The van der Waals surface area contributed by atoms with Crippen molar-refractivity contribution in [2.24, 2.45) is 0 Å². The van der Waals surface area contributed by atoms with Crippen molar-refractivity contribution in [3.8, 4) is 0 Å². The maximum Gasteiger partial charge on any atom is 0.335 e. The number of nitrogens with one attached hydrogen (secondary N) is 1. The lowest BCUT2D eigenvalue weighted by atomic mass is 10.1. The van der Waals surface area contributed by atoms with Crippen molar-refractivity contribution < 1.29 is 18.3 Å². The SMILES string of the molecule is CS(=O)(=O)CCCNCc1ccc(C(=O)O)cc1Br. The first-order chi connectivity index (χ1) is 8.79. The Morgan fingerprint density at radius 3 is 2.63 bits per heavy atom. The van der Waals surface area contributed by atoms with Crippen LogP contribution in [0.15, 0.2) is 22.7 Å². The van der Waals surface area contributed by atoms with E-state index in [0.29, 0.717) is 19.5 Å². The standard InChI is InChI=1S/C12H16BrNO4S/c1-19(17,18)6-2-5-14-8-10-4-3-9(12(15)16)7-11(10)13/h3-4,7,14H,2,5-6,8H2,1H3,(H,15,16). The van der Waals surface area contributed by atoms with E-state index in [1.807, 2.05) is 0 Å². The van der Waals surface area contributed by atoms with Crippen LogP contribution in [0.25, 0.3) is 0 Å². The fourth-order valence-electron chi connectivity index (χ4n) is 1.51. The quantitative estimate of drug-likeness (QED) is 0.731. The van der Waals surface area contributed by atoms with E-state index < -0.39 is 15.8 Å². The lowest BCUT2D eigenvalue weighted by Gasteiger charge is -2.07. The van der Waals surface area contributed by atoms with Gasteiger partial charge >= 0.3 is 5.97 Å². The Labute approximate surface area is 121 Å². The van der Waals surface area contributed by atoms with E-state index in [0.717, 1.165) is 10.0 Å². The van der Waals surface area contributed by atoms with Crippen LogP contribution in [-0.4, -0.2) is 38.0 Å². The van der Waals surface area contributed by atoms with Gasteiger partial charge in [-0.2, -0.15) is 0 Å². The average Bonchev–Trinajstić information content (AvgIpc) is 2.28. The summed E-state index contributed by atoms with van der Waals surface area (Å²) in [6.07, 6.45) is 1.78. The summed E-state index contributed by atoms with van der Waals surface area (Å²) >= 11 is 3.32. The third-order valence-electron chi connectivity index (χ3n) is 2.48. The molecule has 7 heteroatoms. The van der Waals surface area contributed by atoms with Gasteiger partial charge < -0.3 is 10.4 Å². The monoisotopic (exact) mass is 349 g/mol. The molecule has 19 heavy (non-hydrogen) atoms. The van der Waals surface area contributed by atoms with Gasteiger partial charge in [-0.05, 0) is 30.7 Å². The van der Waals surface area contributed by atoms with E-state index in [-0.39, 0.29) is 11.3 Å². The van der Waals surface area contributed by atoms with Gasteiger partial charge in [-0.3, -0.25) is 0 Å². The minimum Gasteiger partial charge on any atom is -0.478 e. The summed E-state index contributed by atoms with van der Waals surface area (Å²) in [7, 11) is -2.91. The second-order valence-electron chi connectivity index (χ2n) is 4.27. The molecule has 1 aromatic rings. The fourth-order valence-corrected chi connectivity index (χ4v) is 2.69. The van der Waals surface area contributed by atoms with Crippen molar-refractivity contribution >= 4 is 31.7 Å². The molecule has 1 aromatic carbocycles. The van der Waals surface area contributed by atoms with Gasteiger partial charge in [0.05, 0.1) is 11.3 Å². The van der Waals surface area contributed by atoms with Gasteiger partial charge in [0.15, 0.2) is 0 Å². The molecular formula is C12H16BrNO4S. The lowest BCUT2D eigenvalue weighted by Crippen LogP contribution is -2.18. The first-order valence-corrected chi connectivity index (χ1v) is 8.55. The highest BCUT2D eigenvalue weighted by Crippen LogP contribution is 2.18. The molecule has 0 aliphatic rings. The molecule has 0 aliphatic heterocycles. The predicted molar refractivity (Wildman–Crippen MR) is 77.1 cm³/mol. The molecule has 0 radical (unpaired) electrons. The van der Waals surface area contributed by atoms with Crippen LogP contribution in [0.2, 0.25) is 0 Å². The topological polar surface area (TPSA) is 83.5 Å². The van der Waals surface area contributed by atoms with Crippen LogP contribution in [0.1, 0.15) is 22.3 Å². The van der Waals surface area contributed by atoms with Crippen molar-refractivity contribution in [1.29, 1.82) is 0 Å². The van der Waals surface area contributed by atoms with Gasteiger partial charge in [-0.25, -0.2) is 13.2 Å². The Bertz CT molecular complexity index is 557. The van der Waals surface area contributed by atoms with Gasteiger partial charge in [0, 0.05) is 17.3 Å². The third kappa shape index (κ3) is 6.17. The van der Waals surface area contributed by atoms with Crippen LogP contribution in [0.3, 0.4) is 0 Å².